The SMILES string of the molecule is CCC(=O)O.CCC(=O)OC(CC)C1CNc2nc(N)[nH]c(=O)c2N1C(=O)CC. The van der Waals surface area contributed by atoms with Crippen LogP contribution >= 0.6 is 0 Å². The Morgan fingerprint density at radius 1 is 1.24 bits per heavy atom. The first-order valence-electron chi connectivity index (χ1n) is 9.56. The number of H-pyrrole nitrogens is 1. The zero-order valence-corrected chi connectivity index (χ0v) is 17.2. The van der Waals surface area contributed by atoms with Crippen LogP contribution < -0.4 is 21.5 Å². The number of carbonyl (C=O) groups is 3. The predicted octanol–water partition coefficient (Wildman–Crippen LogP) is 1.10. The summed E-state index contributed by atoms with van der Waals surface area (Å²) in [4.78, 5) is 53.7. The van der Waals surface area contributed by atoms with Gasteiger partial charge in [0.25, 0.3) is 5.56 Å². The van der Waals surface area contributed by atoms with Crippen LogP contribution in [0, 0.1) is 0 Å². The molecule has 11 heteroatoms. The monoisotopic (exact) mass is 411 g/mol. The molecule has 0 aliphatic carbocycles. The van der Waals surface area contributed by atoms with Gasteiger partial charge in [-0.25, -0.2) is 0 Å². The molecule has 0 fully saturated rings. The molecule has 1 aliphatic rings. The smallest absolute Gasteiger partial charge is 0.305 e. The number of aromatic amines is 1. The third-order valence-corrected chi connectivity index (χ3v) is 4.24. The Bertz CT molecular complexity index is 793. The zero-order valence-electron chi connectivity index (χ0n) is 17.2. The van der Waals surface area contributed by atoms with Crippen molar-refractivity contribution in [3.63, 3.8) is 0 Å². The average molecular weight is 411 g/mol. The van der Waals surface area contributed by atoms with Crippen LogP contribution in [0.3, 0.4) is 0 Å². The van der Waals surface area contributed by atoms with Gasteiger partial charge >= 0.3 is 11.9 Å². The number of amides is 1. The number of nitrogens with zero attached hydrogens (tertiary/aromatic N) is 2. The van der Waals surface area contributed by atoms with Crippen molar-refractivity contribution in [3.05, 3.63) is 10.4 Å². The number of esters is 1. The van der Waals surface area contributed by atoms with Crippen LogP contribution in [-0.2, 0) is 19.1 Å². The summed E-state index contributed by atoms with van der Waals surface area (Å²) in [5.74, 6) is -1.11. The van der Waals surface area contributed by atoms with E-state index in [0.717, 1.165) is 0 Å². The number of hydrogen-bond donors (Lipinski definition) is 4. The lowest BCUT2D eigenvalue weighted by Crippen LogP contribution is -2.56. The largest absolute Gasteiger partial charge is 0.481 e. The number of ether oxygens (including phenoxy) is 1. The number of carboxylic acids is 1. The van der Waals surface area contributed by atoms with Crippen LogP contribution in [0.15, 0.2) is 4.79 Å². The maximum Gasteiger partial charge on any atom is 0.305 e. The van der Waals surface area contributed by atoms with Crippen molar-refractivity contribution in [2.45, 2.75) is 65.5 Å². The van der Waals surface area contributed by atoms with E-state index in [2.05, 4.69) is 15.3 Å². The van der Waals surface area contributed by atoms with E-state index in [4.69, 9.17) is 15.6 Å². The van der Waals surface area contributed by atoms with Crippen molar-refractivity contribution in [3.8, 4) is 0 Å². The molecule has 0 bridgehead atoms. The summed E-state index contributed by atoms with van der Waals surface area (Å²) in [5.41, 5.74) is 5.17. The molecule has 29 heavy (non-hydrogen) atoms. The molecule has 2 rings (SSSR count). The van der Waals surface area contributed by atoms with Crippen molar-refractivity contribution in [1.29, 1.82) is 0 Å². The molecule has 1 aromatic heterocycles. The number of nitrogens with one attached hydrogen (secondary N) is 2. The number of hydrogen-bond acceptors (Lipinski definition) is 8. The van der Waals surface area contributed by atoms with Crippen LogP contribution in [0.2, 0.25) is 0 Å². The maximum atomic E-state index is 12.5. The van der Waals surface area contributed by atoms with Crippen molar-refractivity contribution >= 4 is 35.3 Å². The molecule has 1 aliphatic heterocycles. The first kappa shape index (κ1) is 23.9. The van der Waals surface area contributed by atoms with Crippen LogP contribution in [0.25, 0.3) is 0 Å². The van der Waals surface area contributed by atoms with Crippen molar-refractivity contribution in [1.82, 2.24) is 9.97 Å². The lowest BCUT2D eigenvalue weighted by atomic mass is 10.0. The molecule has 2 unspecified atom stereocenters. The number of carbonyl (C=O) groups excluding carboxylic acids is 2. The minimum absolute atomic E-state index is 0.0296. The van der Waals surface area contributed by atoms with Crippen molar-refractivity contribution < 1.29 is 24.2 Å². The molecule has 11 nitrogen and oxygen atoms in total. The highest BCUT2D eigenvalue weighted by Crippen LogP contribution is 2.30. The standard InChI is InChI=1S/C15H23N5O4.C3H6O2/c1-4-9(24-11(22)6-3)8-7-17-13-12(20(8)10(21)5-2)14(23)19-15(16)18-13;1-2-3(4)5/h8-9H,4-7H2,1-3H3,(H4,16,17,18,19,23);2H2,1H3,(H,4,5). The Morgan fingerprint density at radius 2 is 1.86 bits per heavy atom. The summed E-state index contributed by atoms with van der Waals surface area (Å²) in [6.07, 6.45) is 0.665. The zero-order chi connectivity index (χ0) is 22.1. The normalized spacial score (nSPS) is 15.9. The summed E-state index contributed by atoms with van der Waals surface area (Å²) in [6, 6.07) is -0.489. The molecule has 0 radical (unpaired) electrons. The summed E-state index contributed by atoms with van der Waals surface area (Å²) < 4.78 is 5.46. The number of aromatic nitrogens is 2. The topological polar surface area (TPSA) is 168 Å². The summed E-state index contributed by atoms with van der Waals surface area (Å²) in [7, 11) is 0. The van der Waals surface area contributed by atoms with E-state index < -0.39 is 23.7 Å². The van der Waals surface area contributed by atoms with Gasteiger partial charge < -0.3 is 20.9 Å². The molecule has 162 valence electrons. The highest BCUT2D eigenvalue weighted by atomic mass is 16.5. The highest BCUT2D eigenvalue weighted by Gasteiger charge is 2.39. The first-order valence-corrected chi connectivity index (χ1v) is 9.56. The Kier molecular flexibility index (Phi) is 9.10. The van der Waals surface area contributed by atoms with Crippen LogP contribution in [0.1, 0.15) is 53.4 Å². The summed E-state index contributed by atoms with van der Waals surface area (Å²) in [6.45, 7) is 7.19. The van der Waals surface area contributed by atoms with Gasteiger partial charge in [-0.2, -0.15) is 4.98 Å². The highest BCUT2D eigenvalue weighted by molar-refractivity contribution is 5.97. The summed E-state index contributed by atoms with van der Waals surface area (Å²) in [5, 5.41) is 10.7. The van der Waals surface area contributed by atoms with Crippen molar-refractivity contribution in [2.75, 3.05) is 22.5 Å². The quantitative estimate of drug-likeness (QED) is 0.501. The fraction of sp³-hybridized carbons (Fsp3) is 0.611. The molecule has 0 saturated carbocycles. The van der Waals surface area contributed by atoms with Gasteiger partial charge in [-0.15, -0.1) is 0 Å². The molecule has 2 atom stereocenters. The lowest BCUT2D eigenvalue weighted by molar-refractivity contribution is -0.150. The van der Waals surface area contributed by atoms with Crippen LogP contribution in [0.5, 0.6) is 0 Å². The molecule has 1 amide bonds. The number of fused-ring (bicyclic) bond motifs is 1. The molecule has 0 aromatic carbocycles. The van der Waals surface area contributed by atoms with E-state index in [1.54, 1.807) is 20.8 Å². The number of rotatable bonds is 6. The minimum Gasteiger partial charge on any atom is -0.481 e. The van der Waals surface area contributed by atoms with E-state index in [9.17, 15) is 19.2 Å². The van der Waals surface area contributed by atoms with Gasteiger partial charge in [0.05, 0.1) is 6.04 Å². The number of nitrogen functional groups attached to an aromatic ring is 1. The average Bonchev–Trinajstić information content (AvgIpc) is 2.70. The molecule has 1 aromatic rings. The number of aliphatic carboxylic acids is 1. The Hall–Kier alpha value is -3.11. The molecule has 0 spiro atoms. The maximum absolute atomic E-state index is 12.5. The van der Waals surface area contributed by atoms with Gasteiger partial charge in [0.2, 0.25) is 11.9 Å². The number of carboxylic acid groups (broad SMARTS) is 1. The van der Waals surface area contributed by atoms with E-state index in [1.807, 2.05) is 6.92 Å². The molecular formula is C18H29N5O6. The van der Waals surface area contributed by atoms with Crippen molar-refractivity contribution in [2.24, 2.45) is 0 Å². The van der Waals surface area contributed by atoms with Gasteiger partial charge in [0, 0.05) is 25.8 Å². The second-order valence-electron chi connectivity index (χ2n) is 6.25. The minimum atomic E-state index is -0.745. The van der Waals surface area contributed by atoms with E-state index >= 15 is 0 Å². The van der Waals surface area contributed by atoms with Gasteiger partial charge in [-0.05, 0) is 6.42 Å². The van der Waals surface area contributed by atoms with E-state index in [0.29, 0.717) is 13.0 Å². The fourth-order valence-corrected chi connectivity index (χ4v) is 2.75. The summed E-state index contributed by atoms with van der Waals surface area (Å²) >= 11 is 0. The third-order valence-electron chi connectivity index (χ3n) is 4.24. The number of anilines is 3. The van der Waals surface area contributed by atoms with Gasteiger partial charge in [0.15, 0.2) is 11.5 Å². The Morgan fingerprint density at radius 3 is 2.34 bits per heavy atom. The molecule has 0 saturated heterocycles. The predicted molar refractivity (Wildman–Crippen MR) is 108 cm³/mol. The van der Waals surface area contributed by atoms with Gasteiger partial charge in [-0.1, -0.05) is 27.7 Å². The van der Waals surface area contributed by atoms with Crippen LogP contribution in [0.4, 0.5) is 17.5 Å². The van der Waals surface area contributed by atoms with E-state index in [-0.39, 0.29) is 48.6 Å². The molecule has 5 N–H and O–H groups in total. The molecule has 2 heterocycles. The Balaban J connectivity index is 0.000000749. The number of nitrogens with two attached hydrogens (primary N) is 1. The Labute approximate surface area is 168 Å². The fourth-order valence-electron chi connectivity index (χ4n) is 2.75. The molecular weight excluding hydrogens is 382 g/mol. The third kappa shape index (κ3) is 6.19. The van der Waals surface area contributed by atoms with Crippen LogP contribution in [-0.4, -0.2) is 51.6 Å². The first-order chi connectivity index (χ1) is 13.7. The second kappa shape index (κ2) is 11.0. The van der Waals surface area contributed by atoms with E-state index in [1.165, 1.54) is 4.90 Å². The lowest BCUT2D eigenvalue weighted by Gasteiger charge is -2.39. The van der Waals surface area contributed by atoms with Gasteiger partial charge in [0.1, 0.15) is 6.10 Å². The second-order valence-corrected chi connectivity index (χ2v) is 6.25. The van der Waals surface area contributed by atoms with Gasteiger partial charge in [-0.3, -0.25) is 29.1 Å².